The first-order valence-electron chi connectivity index (χ1n) is 11.2. The van der Waals surface area contributed by atoms with E-state index >= 15 is 0 Å². The number of hydrogen-bond acceptors (Lipinski definition) is 4. The van der Waals surface area contributed by atoms with Gasteiger partial charge in [0.1, 0.15) is 5.75 Å². The van der Waals surface area contributed by atoms with Crippen molar-refractivity contribution in [3.8, 4) is 11.4 Å². The number of alkyl halides is 2. The topological polar surface area (TPSA) is 57.5 Å². The van der Waals surface area contributed by atoms with Crippen LogP contribution in [0.2, 0.25) is 0 Å². The molecule has 0 aliphatic rings. The largest absolute Gasteiger partial charge is 0.454 e. The van der Waals surface area contributed by atoms with Crippen LogP contribution in [0.4, 0.5) is 8.78 Å². The molecule has 0 saturated heterocycles. The number of ether oxygens (including phenoxy) is 2. The van der Waals surface area contributed by atoms with E-state index in [1.54, 1.807) is 32.0 Å². The molecular weight excluding hydrogens is 452 g/mol. The van der Waals surface area contributed by atoms with Gasteiger partial charge in [0.05, 0.1) is 6.42 Å². The fourth-order valence-electron chi connectivity index (χ4n) is 4.30. The Kier molecular flexibility index (Phi) is 6.96. The number of hydrogen-bond donors (Lipinski definition) is 0. The molecule has 3 aromatic carbocycles. The van der Waals surface area contributed by atoms with Gasteiger partial charge in [-0.3, -0.25) is 9.59 Å². The Hall–Kier alpha value is -4.00. The number of Topliss-reactive ketones (excluding diaryl/α,β-unsaturated/α-hetero) is 1. The standard InChI is InChI=1S/C28H25F2NO4/c1-17-15-25(18(2)31(17)22-11-13-23(14-12-22)35-28(29)30)27(33)19(3)34-26(32)16-21-9-6-8-20-7-4-5-10-24(20)21/h4-15,19,28H,16H2,1-3H3. The van der Waals surface area contributed by atoms with Crippen LogP contribution in [0, 0.1) is 13.8 Å². The SMILES string of the molecule is Cc1cc(C(=O)C(C)OC(=O)Cc2cccc3ccccc23)c(C)n1-c1ccc(OC(F)F)cc1. The molecule has 0 amide bonds. The van der Waals surface area contributed by atoms with Gasteiger partial charge in [-0.1, -0.05) is 42.5 Å². The van der Waals surface area contributed by atoms with Crippen molar-refractivity contribution < 1.29 is 27.8 Å². The molecule has 0 bridgehead atoms. The zero-order valence-electron chi connectivity index (χ0n) is 19.6. The molecule has 7 heteroatoms. The molecular formula is C28H25F2NO4. The summed E-state index contributed by atoms with van der Waals surface area (Å²) in [6.45, 7) is 2.29. The van der Waals surface area contributed by atoms with Gasteiger partial charge in [0.15, 0.2) is 6.10 Å². The number of aryl methyl sites for hydroxylation is 1. The Balaban J connectivity index is 1.48. The van der Waals surface area contributed by atoms with E-state index < -0.39 is 18.7 Å². The minimum Gasteiger partial charge on any atom is -0.454 e. The summed E-state index contributed by atoms with van der Waals surface area (Å²) >= 11 is 0. The molecule has 0 saturated carbocycles. The van der Waals surface area contributed by atoms with E-state index in [0.29, 0.717) is 16.9 Å². The van der Waals surface area contributed by atoms with Crippen molar-refractivity contribution in [2.75, 3.05) is 0 Å². The van der Waals surface area contributed by atoms with Crippen LogP contribution in [-0.4, -0.2) is 29.0 Å². The molecule has 0 aliphatic carbocycles. The van der Waals surface area contributed by atoms with E-state index in [-0.39, 0.29) is 18.0 Å². The summed E-state index contributed by atoms with van der Waals surface area (Å²) in [6.07, 6.45) is -0.904. The third kappa shape index (κ3) is 5.24. The van der Waals surface area contributed by atoms with Crippen LogP contribution < -0.4 is 4.74 Å². The predicted molar refractivity (Wildman–Crippen MR) is 129 cm³/mol. The first kappa shape index (κ1) is 24.1. The minimum atomic E-state index is -2.90. The molecule has 0 fully saturated rings. The van der Waals surface area contributed by atoms with E-state index in [1.165, 1.54) is 12.1 Å². The first-order chi connectivity index (χ1) is 16.7. The maximum atomic E-state index is 13.1. The first-order valence-corrected chi connectivity index (χ1v) is 11.2. The van der Waals surface area contributed by atoms with Gasteiger partial charge in [0.2, 0.25) is 5.78 Å². The molecule has 180 valence electrons. The highest BCUT2D eigenvalue weighted by atomic mass is 19.3. The summed E-state index contributed by atoms with van der Waals surface area (Å²) in [7, 11) is 0. The molecule has 0 spiro atoms. The Morgan fingerprint density at radius 2 is 1.63 bits per heavy atom. The van der Waals surface area contributed by atoms with Gasteiger partial charge in [0.25, 0.3) is 0 Å². The van der Waals surface area contributed by atoms with Gasteiger partial charge in [0, 0.05) is 22.6 Å². The van der Waals surface area contributed by atoms with Crippen LogP contribution in [0.25, 0.3) is 16.5 Å². The predicted octanol–water partition coefficient (Wildman–Crippen LogP) is 6.21. The van der Waals surface area contributed by atoms with E-state index in [9.17, 15) is 18.4 Å². The van der Waals surface area contributed by atoms with Crippen molar-refractivity contribution in [1.29, 1.82) is 0 Å². The number of ketones is 1. The van der Waals surface area contributed by atoms with Crippen molar-refractivity contribution >= 4 is 22.5 Å². The second-order valence-corrected chi connectivity index (χ2v) is 8.30. The summed E-state index contributed by atoms with van der Waals surface area (Å²) in [6, 6.07) is 21.4. The number of aromatic nitrogens is 1. The van der Waals surface area contributed by atoms with Crippen molar-refractivity contribution in [2.45, 2.75) is 39.9 Å². The smallest absolute Gasteiger partial charge is 0.387 e. The highest BCUT2D eigenvalue weighted by Crippen LogP contribution is 2.25. The van der Waals surface area contributed by atoms with Crippen molar-refractivity contribution in [2.24, 2.45) is 0 Å². The van der Waals surface area contributed by atoms with Crippen LogP contribution in [0.3, 0.4) is 0 Å². The molecule has 0 N–H and O–H groups in total. The van der Waals surface area contributed by atoms with E-state index in [4.69, 9.17) is 4.74 Å². The third-order valence-corrected chi connectivity index (χ3v) is 5.91. The van der Waals surface area contributed by atoms with Gasteiger partial charge in [-0.2, -0.15) is 8.78 Å². The van der Waals surface area contributed by atoms with Crippen LogP contribution in [0.15, 0.2) is 72.8 Å². The second-order valence-electron chi connectivity index (χ2n) is 8.30. The normalized spacial score (nSPS) is 12.1. The summed E-state index contributed by atoms with van der Waals surface area (Å²) in [5.41, 5.74) is 3.40. The Labute approximate surface area is 201 Å². The van der Waals surface area contributed by atoms with Crippen LogP contribution >= 0.6 is 0 Å². The van der Waals surface area contributed by atoms with E-state index in [0.717, 1.165) is 22.0 Å². The lowest BCUT2D eigenvalue weighted by Gasteiger charge is -2.14. The zero-order valence-corrected chi connectivity index (χ0v) is 19.6. The van der Waals surface area contributed by atoms with Crippen molar-refractivity contribution in [3.63, 3.8) is 0 Å². The van der Waals surface area contributed by atoms with Gasteiger partial charge >= 0.3 is 12.6 Å². The zero-order chi connectivity index (χ0) is 25.1. The number of fused-ring (bicyclic) bond motifs is 1. The molecule has 5 nitrogen and oxygen atoms in total. The van der Waals surface area contributed by atoms with Gasteiger partial charge < -0.3 is 14.0 Å². The second kappa shape index (κ2) is 10.1. The summed E-state index contributed by atoms with van der Waals surface area (Å²) in [5, 5.41) is 2.00. The molecule has 1 heterocycles. The number of nitrogens with zero attached hydrogens (tertiary/aromatic N) is 1. The van der Waals surface area contributed by atoms with Gasteiger partial charge in [-0.25, -0.2) is 0 Å². The van der Waals surface area contributed by atoms with E-state index in [2.05, 4.69) is 4.74 Å². The number of halogens is 2. The number of carbonyl (C=O) groups is 2. The van der Waals surface area contributed by atoms with Crippen molar-refractivity contribution in [3.05, 3.63) is 95.3 Å². The average Bonchev–Trinajstić information content (AvgIpc) is 3.12. The molecule has 4 aromatic rings. The maximum Gasteiger partial charge on any atom is 0.387 e. The van der Waals surface area contributed by atoms with Crippen LogP contribution in [0.1, 0.15) is 34.2 Å². The number of esters is 1. The summed E-state index contributed by atoms with van der Waals surface area (Å²) in [5.74, 6) is -0.742. The number of rotatable bonds is 8. The Morgan fingerprint density at radius 1 is 0.943 bits per heavy atom. The van der Waals surface area contributed by atoms with Crippen molar-refractivity contribution in [1.82, 2.24) is 4.57 Å². The minimum absolute atomic E-state index is 0.0502. The number of carbonyl (C=O) groups excluding carboxylic acids is 2. The molecule has 4 rings (SSSR count). The monoisotopic (exact) mass is 477 g/mol. The Morgan fingerprint density at radius 3 is 2.34 bits per heavy atom. The molecule has 1 unspecified atom stereocenters. The van der Waals surface area contributed by atoms with Crippen LogP contribution in [0.5, 0.6) is 5.75 Å². The van der Waals surface area contributed by atoms with Crippen LogP contribution in [-0.2, 0) is 16.0 Å². The van der Waals surface area contributed by atoms with Gasteiger partial charge in [-0.05, 0) is 67.4 Å². The molecule has 0 radical (unpaired) electrons. The number of benzene rings is 3. The average molecular weight is 478 g/mol. The quantitative estimate of drug-likeness (QED) is 0.224. The molecule has 0 aliphatic heterocycles. The highest BCUT2D eigenvalue weighted by Gasteiger charge is 2.24. The molecule has 35 heavy (non-hydrogen) atoms. The fraction of sp³-hybridized carbons (Fsp3) is 0.214. The Bertz CT molecular complexity index is 1370. The summed E-state index contributed by atoms with van der Waals surface area (Å²) in [4.78, 5) is 25.8. The fourth-order valence-corrected chi connectivity index (χ4v) is 4.30. The highest BCUT2D eigenvalue weighted by molar-refractivity contribution is 6.01. The molecule has 1 atom stereocenters. The third-order valence-electron chi connectivity index (χ3n) is 5.91. The lowest BCUT2D eigenvalue weighted by molar-refractivity contribution is -0.145. The van der Waals surface area contributed by atoms with Gasteiger partial charge in [-0.15, -0.1) is 0 Å². The lowest BCUT2D eigenvalue weighted by Crippen LogP contribution is -2.25. The summed E-state index contributed by atoms with van der Waals surface area (Å²) < 4.78 is 36.6. The molecule has 1 aromatic heterocycles. The van der Waals surface area contributed by atoms with E-state index in [1.807, 2.05) is 54.0 Å². The maximum absolute atomic E-state index is 13.1. The lowest BCUT2D eigenvalue weighted by atomic mass is 10.0.